The molecule has 0 bridgehead atoms. The summed E-state index contributed by atoms with van der Waals surface area (Å²) < 4.78 is 6.13. The fraction of sp³-hybridized carbons (Fsp3) is 1.00. The van der Waals surface area contributed by atoms with Gasteiger partial charge in [-0.25, -0.2) is 0 Å². The van der Waals surface area contributed by atoms with Crippen molar-refractivity contribution in [3.8, 4) is 0 Å². The highest BCUT2D eigenvalue weighted by atomic mass is 32.2. The molecule has 1 aliphatic carbocycles. The molecule has 1 N–H and O–H groups in total. The molecule has 3 atom stereocenters. The first-order valence-electron chi connectivity index (χ1n) is 8.26. The van der Waals surface area contributed by atoms with E-state index in [-0.39, 0.29) is 5.60 Å². The zero-order valence-corrected chi connectivity index (χ0v) is 13.1. The highest BCUT2D eigenvalue weighted by Crippen LogP contribution is 2.42. The molecule has 110 valence electrons. The molecule has 2 aliphatic heterocycles. The van der Waals surface area contributed by atoms with E-state index in [4.69, 9.17) is 4.74 Å². The van der Waals surface area contributed by atoms with Gasteiger partial charge in [-0.15, -0.1) is 0 Å². The molecule has 3 heteroatoms. The summed E-state index contributed by atoms with van der Waals surface area (Å²) >= 11 is 2.09. The summed E-state index contributed by atoms with van der Waals surface area (Å²) in [7, 11) is 0. The second-order valence-electron chi connectivity index (χ2n) is 6.77. The van der Waals surface area contributed by atoms with Gasteiger partial charge in [-0.05, 0) is 69.1 Å². The van der Waals surface area contributed by atoms with Crippen molar-refractivity contribution in [2.24, 2.45) is 11.8 Å². The molecule has 0 aromatic carbocycles. The molecule has 0 radical (unpaired) electrons. The van der Waals surface area contributed by atoms with E-state index in [2.05, 4.69) is 24.0 Å². The molecule has 2 saturated heterocycles. The highest BCUT2D eigenvalue weighted by molar-refractivity contribution is 7.99. The molecule has 0 aromatic rings. The van der Waals surface area contributed by atoms with Crippen LogP contribution in [0.15, 0.2) is 0 Å². The maximum Gasteiger partial charge on any atom is 0.0783 e. The number of thioether (sulfide) groups is 1. The zero-order valence-electron chi connectivity index (χ0n) is 12.3. The Bertz CT molecular complexity index is 286. The third-order valence-corrected chi connectivity index (χ3v) is 6.43. The molecule has 19 heavy (non-hydrogen) atoms. The van der Waals surface area contributed by atoms with Gasteiger partial charge in [-0.2, -0.15) is 11.8 Å². The average Bonchev–Trinajstić information content (AvgIpc) is 3.18. The van der Waals surface area contributed by atoms with Crippen molar-refractivity contribution in [2.75, 3.05) is 24.7 Å². The largest absolute Gasteiger partial charge is 0.374 e. The van der Waals surface area contributed by atoms with Gasteiger partial charge >= 0.3 is 0 Å². The number of ether oxygens (including phenoxy) is 1. The molecule has 2 heterocycles. The van der Waals surface area contributed by atoms with E-state index in [0.29, 0.717) is 0 Å². The lowest BCUT2D eigenvalue weighted by molar-refractivity contribution is -0.0810. The Morgan fingerprint density at radius 1 is 1.37 bits per heavy atom. The van der Waals surface area contributed by atoms with Crippen molar-refractivity contribution in [1.82, 2.24) is 5.32 Å². The van der Waals surface area contributed by atoms with Gasteiger partial charge in [-0.3, -0.25) is 0 Å². The number of rotatable bonds is 6. The van der Waals surface area contributed by atoms with Crippen molar-refractivity contribution < 1.29 is 4.74 Å². The normalized spacial score (nSPS) is 36.8. The third-order valence-electron chi connectivity index (χ3n) is 5.21. The molecule has 3 rings (SSSR count). The minimum atomic E-state index is 0.279. The fourth-order valence-electron chi connectivity index (χ4n) is 3.92. The number of nitrogens with one attached hydrogen (secondary N) is 1. The van der Waals surface area contributed by atoms with Gasteiger partial charge in [0.25, 0.3) is 0 Å². The van der Waals surface area contributed by atoms with Crippen LogP contribution in [0.1, 0.15) is 51.9 Å². The predicted octanol–water partition coefficient (Wildman–Crippen LogP) is 3.46. The SMILES string of the molecule is CCNC(CCC1CCOC2(CCSC2)C1)C1CC1. The lowest BCUT2D eigenvalue weighted by Crippen LogP contribution is -2.40. The summed E-state index contributed by atoms with van der Waals surface area (Å²) in [5.41, 5.74) is 0.279. The van der Waals surface area contributed by atoms with Gasteiger partial charge in [0.05, 0.1) is 5.60 Å². The molecule has 3 unspecified atom stereocenters. The minimum absolute atomic E-state index is 0.279. The van der Waals surface area contributed by atoms with Gasteiger partial charge < -0.3 is 10.1 Å². The zero-order chi connectivity index (χ0) is 13.1. The standard InChI is InChI=1S/C16H29NOS/c1-2-17-15(14-4-5-14)6-3-13-7-9-18-16(11-13)8-10-19-12-16/h13-15,17H,2-12H2,1H3. The first-order valence-corrected chi connectivity index (χ1v) is 9.42. The van der Waals surface area contributed by atoms with E-state index in [1.807, 2.05) is 0 Å². The van der Waals surface area contributed by atoms with Crippen LogP contribution >= 0.6 is 11.8 Å². The summed E-state index contributed by atoms with van der Waals surface area (Å²) in [5, 5.41) is 3.71. The van der Waals surface area contributed by atoms with Crippen LogP contribution in [0.2, 0.25) is 0 Å². The average molecular weight is 283 g/mol. The van der Waals surface area contributed by atoms with Gasteiger partial charge in [0.2, 0.25) is 0 Å². The van der Waals surface area contributed by atoms with Crippen LogP contribution < -0.4 is 5.32 Å². The van der Waals surface area contributed by atoms with Crippen LogP contribution in [0, 0.1) is 11.8 Å². The van der Waals surface area contributed by atoms with E-state index < -0.39 is 0 Å². The van der Waals surface area contributed by atoms with Crippen LogP contribution in [0.5, 0.6) is 0 Å². The molecule has 2 nitrogen and oxygen atoms in total. The van der Waals surface area contributed by atoms with Crippen LogP contribution in [0.3, 0.4) is 0 Å². The van der Waals surface area contributed by atoms with Gasteiger partial charge in [-0.1, -0.05) is 6.92 Å². The van der Waals surface area contributed by atoms with Crippen LogP contribution in [-0.4, -0.2) is 36.3 Å². The van der Waals surface area contributed by atoms with Gasteiger partial charge in [0, 0.05) is 18.4 Å². The lowest BCUT2D eigenvalue weighted by Gasteiger charge is -2.38. The van der Waals surface area contributed by atoms with Crippen LogP contribution in [0.25, 0.3) is 0 Å². The summed E-state index contributed by atoms with van der Waals surface area (Å²) in [6.45, 7) is 4.39. The molecule has 0 aromatic heterocycles. The van der Waals surface area contributed by atoms with Crippen LogP contribution in [0.4, 0.5) is 0 Å². The smallest absolute Gasteiger partial charge is 0.0783 e. The van der Waals surface area contributed by atoms with E-state index >= 15 is 0 Å². The molecule has 1 saturated carbocycles. The highest BCUT2D eigenvalue weighted by Gasteiger charge is 2.40. The maximum atomic E-state index is 6.13. The Labute approximate surface area is 122 Å². The number of hydrogen-bond donors (Lipinski definition) is 1. The van der Waals surface area contributed by atoms with Gasteiger partial charge in [0.15, 0.2) is 0 Å². The monoisotopic (exact) mass is 283 g/mol. The quantitative estimate of drug-likeness (QED) is 0.806. The van der Waals surface area contributed by atoms with Crippen molar-refractivity contribution in [1.29, 1.82) is 0 Å². The second kappa shape index (κ2) is 6.36. The number of hydrogen-bond acceptors (Lipinski definition) is 3. The Hall–Kier alpha value is 0.270. The Morgan fingerprint density at radius 2 is 2.26 bits per heavy atom. The molecular weight excluding hydrogens is 254 g/mol. The Kier molecular flexibility index (Phi) is 4.76. The van der Waals surface area contributed by atoms with Crippen molar-refractivity contribution in [2.45, 2.75) is 63.5 Å². The molecule has 3 fully saturated rings. The van der Waals surface area contributed by atoms with Crippen molar-refractivity contribution >= 4 is 11.8 Å². The molecule has 0 amide bonds. The molecule has 3 aliphatic rings. The maximum absolute atomic E-state index is 6.13. The molecular formula is C16H29NOS. The van der Waals surface area contributed by atoms with Crippen molar-refractivity contribution in [3.05, 3.63) is 0 Å². The fourth-order valence-corrected chi connectivity index (χ4v) is 5.30. The van der Waals surface area contributed by atoms with E-state index in [1.165, 1.54) is 56.5 Å². The minimum Gasteiger partial charge on any atom is -0.374 e. The van der Waals surface area contributed by atoms with Crippen molar-refractivity contribution in [3.63, 3.8) is 0 Å². The summed E-state index contributed by atoms with van der Waals surface area (Å²) in [4.78, 5) is 0. The van der Waals surface area contributed by atoms with Gasteiger partial charge in [0.1, 0.15) is 0 Å². The first kappa shape index (κ1) is 14.2. The van der Waals surface area contributed by atoms with E-state index in [1.54, 1.807) is 0 Å². The molecule has 1 spiro atoms. The first-order chi connectivity index (χ1) is 9.31. The van der Waals surface area contributed by atoms with Crippen LogP contribution in [-0.2, 0) is 4.74 Å². The Morgan fingerprint density at radius 3 is 2.95 bits per heavy atom. The summed E-state index contributed by atoms with van der Waals surface area (Å²) in [6, 6.07) is 0.807. The third kappa shape index (κ3) is 3.68. The lowest BCUT2D eigenvalue weighted by atomic mass is 9.82. The van der Waals surface area contributed by atoms with E-state index in [9.17, 15) is 0 Å². The Balaban J connectivity index is 1.46. The second-order valence-corrected chi connectivity index (χ2v) is 7.88. The topological polar surface area (TPSA) is 21.3 Å². The van der Waals surface area contributed by atoms with E-state index in [0.717, 1.165) is 31.0 Å². The summed E-state index contributed by atoms with van der Waals surface area (Å²) in [6.07, 6.45) is 9.68. The summed E-state index contributed by atoms with van der Waals surface area (Å²) in [5.74, 6) is 4.49. The predicted molar refractivity (Wildman–Crippen MR) is 82.8 cm³/mol.